The molecule has 1 saturated carbocycles. The third kappa shape index (κ3) is 2.86. The van der Waals surface area contributed by atoms with Crippen molar-refractivity contribution in [2.24, 2.45) is 11.8 Å². The number of hydrogen-bond donors (Lipinski definition) is 2. The van der Waals surface area contributed by atoms with E-state index in [1.165, 1.54) is 17.5 Å². The van der Waals surface area contributed by atoms with Gasteiger partial charge in [0.05, 0.1) is 5.02 Å². The van der Waals surface area contributed by atoms with E-state index in [0.717, 1.165) is 8.59 Å². The maximum atomic E-state index is 6.22. The molecule has 3 unspecified atom stereocenters. The van der Waals surface area contributed by atoms with Crippen LogP contribution in [0.1, 0.15) is 29.5 Å². The van der Waals surface area contributed by atoms with Gasteiger partial charge in [-0.2, -0.15) is 0 Å². The van der Waals surface area contributed by atoms with Crippen molar-refractivity contribution in [1.82, 2.24) is 5.43 Å². The summed E-state index contributed by atoms with van der Waals surface area (Å²) in [6.07, 6.45) is 1.17. The quantitative estimate of drug-likeness (QED) is 0.459. The molecule has 3 N–H and O–H groups in total. The molecule has 0 heterocycles. The van der Waals surface area contributed by atoms with Gasteiger partial charge >= 0.3 is 0 Å². The molecule has 0 amide bonds. The summed E-state index contributed by atoms with van der Waals surface area (Å²) >= 11 is 8.46. The number of hydrazine groups is 1. The van der Waals surface area contributed by atoms with Crippen molar-refractivity contribution in [3.63, 3.8) is 0 Å². The molecule has 2 nitrogen and oxygen atoms in total. The van der Waals surface area contributed by atoms with Crippen LogP contribution in [0.5, 0.6) is 0 Å². The van der Waals surface area contributed by atoms with Crippen molar-refractivity contribution in [2.45, 2.75) is 18.4 Å². The Bertz CT molecular complexity index is 603. The standard InChI is InChI=1S/C16H16ClIN2/c17-14-8-11(6-7-15(14)18)16(20-19)13-9-12(13)10-4-2-1-3-5-10/h1-8,12-13,16,20H,9,19H2. The van der Waals surface area contributed by atoms with Crippen LogP contribution in [0.25, 0.3) is 0 Å². The highest BCUT2D eigenvalue weighted by Crippen LogP contribution is 2.53. The van der Waals surface area contributed by atoms with Crippen molar-refractivity contribution in [2.75, 3.05) is 0 Å². The molecule has 2 aromatic rings. The van der Waals surface area contributed by atoms with Crippen molar-refractivity contribution in [3.05, 3.63) is 68.3 Å². The highest BCUT2D eigenvalue weighted by Gasteiger charge is 2.44. The Balaban J connectivity index is 1.80. The minimum Gasteiger partial charge on any atom is -0.271 e. The van der Waals surface area contributed by atoms with Crippen molar-refractivity contribution in [3.8, 4) is 0 Å². The van der Waals surface area contributed by atoms with E-state index in [1.54, 1.807) is 0 Å². The first-order chi connectivity index (χ1) is 9.70. The summed E-state index contributed by atoms with van der Waals surface area (Å²) in [7, 11) is 0. The summed E-state index contributed by atoms with van der Waals surface area (Å²) in [6.45, 7) is 0. The van der Waals surface area contributed by atoms with Gasteiger partial charge in [-0.25, -0.2) is 0 Å². The third-order valence-corrected chi connectivity index (χ3v) is 5.55. The van der Waals surface area contributed by atoms with Gasteiger partial charge in [0.15, 0.2) is 0 Å². The van der Waals surface area contributed by atoms with Crippen molar-refractivity contribution >= 4 is 34.2 Å². The number of nitrogens with two attached hydrogens (primary N) is 1. The van der Waals surface area contributed by atoms with Crippen LogP contribution in [-0.4, -0.2) is 0 Å². The number of halogens is 2. The Morgan fingerprint density at radius 1 is 1.20 bits per heavy atom. The lowest BCUT2D eigenvalue weighted by Gasteiger charge is -2.17. The first-order valence-corrected chi connectivity index (χ1v) is 8.12. The van der Waals surface area contributed by atoms with Gasteiger partial charge in [0.1, 0.15) is 0 Å². The van der Waals surface area contributed by atoms with Gasteiger partial charge in [-0.1, -0.05) is 48.0 Å². The van der Waals surface area contributed by atoms with E-state index in [4.69, 9.17) is 17.4 Å². The van der Waals surface area contributed by atoms with E-state index in [0.29, 0.717) is 11.8 Å². The lowest BCUT2D eigenvalue weighted by atomic mass is 9.99. The van der Waals surface area contributed by atoms with Crippen molar-refractivity contribution < 1.29 is 0 Å². The van der Waals surface area contributed by atoms with Gasteiger partial charge in [0.25, 0.3) is 0 Å². The molecule has 1 aliphatic carbocycles. The van der Waals surface area contributed by atoms with E-state index >= 15 is 0 Å². The van der Waals surface area contributed by atoms with Crippen LogP contribution in [0.2, 0.25) is 5.02 Å². The van der Waals surface area contributed by atoms with Gasteiger partial charge in [-0.05, 0) is 64.1 Å². The zero-order valence-electron chi connectivity index (χ0n) is 10.9. The summed E-state index contributed by atoms with van der Waals surface area (Å²) in [5.41, 5.74) is 5.53. The minimum atomic E-state index is 0.162. The molecule has 0 bridgehead atoms. The van der Waals surface area contributed by atoms with E-state index < -0.39 is 0 Å². The Kier molecular flexibility index (Phi) is 4.31. The fourth-order valence-corrected chi connectivity index (χ4v) is 3.36. The summed E-state index contributed by atoms with van der Waals surface area (Å²) in [5, 5.41) is 0.792. The van der Waals surface area contributed by atoms with Gasteiger partial charge in [0, 0.05) is 9.61 Å². The van der Waals surface area contributed by atoms with Crippen LogP contribution in [0.15, 0.2) is 48.5 Å². The zero-order valence-corrected chi connectivity index (χ0v) is 13.8. The highest BCUT2D eigenvalue weighted by molar-refractivity contribution is 14.1. The second kappa shape index (κ2) is 6.02. The number of nitrogens with one attached hydrogen (secondary N) is 1. The molecule has 1 fully saturated rings. The first kappa shape index (κ1) is 14.3. The highest BCUT2D eigenvalue weighted by atomic mass is 127. The molecular formula is C16H16ClIN2. The Hall–Kier alpha value is -0.620. The normalized spacial score (nSPS) is 22.6. The molecule has 2 aromatic carbocycles. The summed E-state index contributed by atoms with van der Waals surface area (Å²) in [6, 6.07) is 17.0. The maximum absolute atomic E-state index is 6.22. The predicted octanol–water partition coefficient (Wildman–Crippen LogP) is 4.25. The molecule has 20 heavy (non-hydrogen) atoms. The Morgan fingerprint density at radius 3 is 2.60 bits per heavy atom. The summed E-state index contributed by atoms with van der Waals surface area (Å²) in [5.74, 6) is 6.91. The molecule has 3 atom stereocenters. The number of benzene rings is 2. The Labute approximate surface area is 137 Å². The molecule has 4 heteroatoms. The SMILES string of the molecule is NNC(c1ccc(I)c(Cl)c1)C1CC1c1ccccc1. The van der Waals surface area contributed by atoms with Gasteiger partial charge in [0.2, 0.25) is 0 Å². The van der Waals surface area contributed by atoms with Crippen LogP contribution >= 0.6 is 34.2 Å². The fraction of sp³-hybridized carbons (Fsp3) is 0.250. The van der Waals surface area contributed by atoms with Crippen LogP contribution in [0.4, 0.5) is 0 Å². The average molecular weight is 399 g/mol. The number of hydrogen-bond acceptors (Lipinski definition) is 2. The largest absolute Gasteiger partial charge is 0.271 e. The minimum absolute atomic E-state index is 0.162. The van der Waals surface area contributed by atoms with Crippen LogP contribution < -0.4 is 11.3 Å². The topological polar surface area (TPSA) is 38.0 Å². The van der Waals surface area contributed by atoms with Crippen LogP contribution in [-0.2, 0) is 0 Å². The smallest absolute Gasteiger partial charge is 0.0542 e. The molecule has 0 radical (unpaired) electrons. The molecular weight excluding hydrogens is 383 g/mol. The molecule has 0 spiro atoms. The molecule has 3 rings (SSSR count). The zero-order chi connectivity index (χ0) is 14.1. The van der Waals surface area contributed by atoms with E-state index in [2.05, 4.69) is 64.4 Å². The van der Waals surface area contributed by atoms with Gasteiger partial charge in [-0.3, -0.25) is 11.3 Å². The maximum Gasteiger partial charge on any atom is 0.0542 e. The van der Waals surface area contributed by atoms with E-state index in [-0.39, 0.29) is 6.04 Å². The lowest BCUT2D eigenvalue weighted by molar-refractivity contribution is 0.487. The second-order valence-electron chi connectivity index (χ2n) is 5.23. The lowest BCUT2D eigenvalue weighted by Crippen LogP contribution is -2.29. The molecule has 0 saturated heterocycles. The predicted molar refractivity (Wildman–Crippen MR) is 91.5 cm³/mol. The first-order valence-electron chi connectivity index (χ1n) is 6.66. The fourth-order valence-electron chi connectivity index (χ4n) is 2.84. The second-order valence-corrected chi connectivity index (χ2v) is 6.80. The summed E-state index contributed by atoms with van der Waals surface area (Å²) < 4.78 is 1.07. The number of rotatable bonds is 4. The van der Waals surface area contributed by atoms with Gasteiger partial charge < -0.3 is 0 Å². The monoisotopic (exact) mass is 398 g/mol. The van der Waals surface area contributed by atoms with E-state index in [9.17, 15) is 0 Å². The Morgan fingerprint density at radius 2 is 1.95 bits per heavy atom. The molecule has 104 valence electrons. The van der Waals surface area contributed by atoms with Crippen molar-refractivity contribution in [1.29, 1.82) is 0 Å². The molecule has 0 aliphatic heterocycles. The summed E-state index contributed by atoms with van der Waals surface area (Å²) in [4.78, 5) is 0. The third-order valence-electron chi connectivity index (χ3n) is 3.98. The van der Waals surface area contributed by atoms with Crippen LogP contribution in [0.3, 0.4) is 0 Å². The average Bonchev–Trinajstić information content (AvgIpc) is 3.25. The van der Waals surface area contributed by atoms with Gasteiger partial charge in [-0.15, -0.1) is 0 Å². The van der Waals surface area contributed by atoms with E-state index in [1.807, 2.05) is 12.1 Å². The van der Waals surface area contributed by atoms with Crippen LogP contribution in [0, 0.1) is 9.49 Å². The molecule has 1 aliphatic rings. The molecule has 0 aromatic heterocycles.